The van der Waals surface area contributed by atoms with Crippen LogP contribution in [-0.4, -0.2) is 38.4 Å². The molecular formula is C44H62O5. The third kappa shape index (κ3) is 6.40. The second kappa shape index (κ2) is 13.8. The zero-order valence-corrected chi connectivity index (χ0v) is 31.7. The number of esters is 2. The minimum absolute atomic E-state index is 0.0137. The lowest BCUT2D eigenvalue weighted by Gasteiger charge is -2.54. The van der Waals surface area contributed by atoms with Crippen LogP contribution >= 0.6 is 0 Å². The molecule has 0 saturated heterocycles. The molecule has 268 valence electrons. The molecule has 0 bridgehead atoms. The highest BCUT2D eigenvalue weighted by atomic mass is 16.6. The monoisotopic (exact) mass is 670 g/mol. The van der Waals surface area contributed by atoms with Crippen molar-refractivity contribution in [1.82, 2.24) is 0 Å². The molecule has 2 aromatic rings. The van der Waals surface area contributed by atoms with Gasteiger partial charge in [-0.2, -0.15) is 0 Å². The van der Waals surface area contributed by atoms with Crippen LogP contribution in [0.25, 0.3) is 0 Å². The lowest BCUT2D eigenvalue weighted by Crippen LogP contribution is -2.53. The normalized spacial score (nSPS) is 32.1. The Morgan fingerprint density at radius 2 is 1.04 bits per heavy atom. The summed E-state index contributed by atoms with van der Waals surface area (Å²) in [6.07, 6.45) is 10.1. The van der Waals surface area contributed by atoms with E-state index in [4.69, 9.17) is 14.2 Å². The molecule has 49 heavy (non-hydrogen) atoms. The third-order valence-corrected chi connectivity index (χ3v) is 13.9. The molecule has 2 saturated carbocycles. The summed E-state index contributed by atoms with van der Waals surface area (Å²) in [7, 11) is 0. The van der Waals surface area contributed by atoms with Crippen molar-refractivity contribution in [3.8, 4) is 0 Å². The molecule has 6 rings (SSSR count). The van der Waals surface area contributed by atoms with Gasteiger partial charge in [-0.3, -0.25) is 9.59 Å². The zero-order chi connectivity index (χ0) is 35.2. The van der Waals surface area contributed by atoms with Gasteiger partial charge in [0, 0.05) is 0 Å². The van der Waals surface area contributed by atoms with Crippen LogP contribution in [0, 0.1) is 22.7 Å². The minimum atomic E-state index is -0.503. The van der Waals surface area contributed by atoms with E-state index >= 15 is 0 Å². The Bertz CT molecular complexity index is 1430. The predicted molar refractivity (Wildman–Crippen MR) is 196 cm³/mol. The maximum atomic E-state index is 13.7. The van der Waals surface area contributed by atoms with E-state index in [-0.39, 0.29) is 47.8 Å². The number of fused-ring (bicyclic) bond motifs is 6. The molecule has 0 amide bonds. The Morgan fingerprint density at radius 3 is 1.43 bits per heavy atom. The van der Waals surface area contributed by atoms with Gasteiger partial charge in [-0.15, -0.1) is 0 Å². The van der Waals surface area contributed by atoms with E-state index in [1.165, 1.54) is 33.4 Å². The van der Waals surface area contributed by atoms with Gasteiger partial charge in [-0.25, -0.2) is 0 Å². The van der Waals surface area contributed by atoms with Crippen LogP contribution in [0.2, 0.25) is 0 Å². The second-order valence-electron chi connectivity index (χ2n) is 17.6. The lowest BCUT2D eigenvalue weighted by molar-refractivity contribution is -0.167. The molecule has 0 radical (unpaired) electrons. The van der Waals surface area contributed by atoms with Crippen molar-refractivity contribution in [1.29, 1.82) is 0 Å². The smallest absolute Gasteiger partial charge is 0.312 e. The quantitative estimate of drug-likeness (QED) is 0.186. The maximum absolute atomic E-state index is 13.7. The number of rotatable bonds is 10. The van der Waals surface area contributed by atoms with Gasteiger partial charge >= 0.3 is 11.9 Å². The number of benzene rings is 2. The summed E-state index contributed by atoms with van der Waals surface area (Å²) < 4.78 is 17.6. The molecule has 4 aliphatic rings. The van der Waals surface area contributed by atoms with Crippen LogP contribution in [0.1, 0.15) is 152 Å². The van der Waals surface area contributed by atoms with Crippen LogP contribution in [-0.2, 0) is 47.5 Å². The van der Waals surface area contributed by atoms with Crippen molar-refractivity contribution in [2.75, 3.05) is 26.4 Å². The maximum Gasteiger partial charge on any atom is 0.312 e. The first kappa shape index (κ1) is 36.1. The van der Waals surface area contributed by atoms with E-state index in [1.807, 2.05) is 0 Å². The van der Waals surface area contributed by atoms with E-state index in [1.54, 1.807) is 0 Å². The number of carbonyl (C=O) groups excluding carboxylic acids is 2. The fourth-order valence-corrected chi connectivity index (χ4v) is 11.0. The highest BCUT2D eigenvalue weighted by molar-refractivity contribution is 5.78. The lowest BCUT2D eigenvalue weighted by atomic mass is 9.49. The van der Waals surface area contributed by atoms with Gasteiger partial charge in [-0.1, -0.05) is 90.8 Å². The molecule has 0 heterocycles. The molecule has 0 aliphatic heterocycles. The second-order valence-corrected chi connectivity index (χ2v) is 17.6. The third-order valence-electron chi connectivity index (χ3n) is 13.9. The van der Waals surface area contributed by atoms with Crippen LogP contribution in [0.15, 0.2) is 36.4 Å². The zero-order valence-electron chi connectivity index (χ0n) is 31.7. The molecule has 0 spiro atoms. The summed E-state index contributed by atoms with van der Waals surface area (Å²) in [5, 5.41) is 0. The van der Waals surface area contributed by atoms with E-state index in [2.05, 4.69) is 91.8 Å². The molecule has 6 atom stereocenters. The van der Waals surface area contributed by atoms with Crippen LogP contribution in [0.3, 0.4) is 0 Å². The fourth-order valence-electron chi connectivity index (χ4n) is 11.0. The minimum Gasteiger partial charge on any atom is -0.463 e. The summed E-state index contributed by atoms with van der Waals surface area (Å²) in [5.74, 6) is 1.37. The average molecular weight is 671 g/mol. The topological polar surface area (TPSA) is 61.8 Å². The number of aryl methyl sites for hydroxylation is 2. The summed E-state index contributed by atoms with van der Waals surface area (Å²) in [6, 6.07) is 14.1. The van der Waals surface area contributed by atoms with E-state index < -0.39 is 10.8 Å². The van der Waals surface area contributed by atoms with Gasteiger partial charge in [-0.05, 0) is 133 Å². The summed E-state index contributed by atoms with van der Waals surface area (Å²) >= 11 is 0. The molecule has 0 aromatic heterocycles. The first-order valence-electron chi connectivity index (χ1n) is 19.4. The SMILES string of the molecule is CC(C)c1ccc2c(c1)CCC1C(C)(C(=O)OCCOCCOC(=O)C3(C)CCC[C@@]4(C)c5ccc(C(C)C)cc5CC[C@H]34)CCCC21C. The van der Waals surface area contributed by atoms with Gasteiger partial charge in [0.05, 0.1) is 24.0 Å². The Balaban J connectivity index is 0.982. The first-order chi connectivity index (χ1) is 23.2. The van der Waals surface area contributed by atoms with Crippen molar-refractivity contribution in [3.63, 3.8) is 0 Å². The summed E-state index contributed by atoms with van der Waals surface area (Å²) in [5.41, 5.74) is 7.56. The van der Waals surface area contributed by atoms with Crippen LogP contribution in [0.5, 0.6) is 0 Å². The molecule has 4 aliphatic carbocycles. The summed E-state index contributed by atoms with van der Waals surface area (Å²) in [4.78, 5) is 27.4. The van der Waals surface area contributed by atoms with E-state index in [9.17, 15) is 9.59 Å². The number of ether oxygens (including phenoxy) is 3. The molecule has 0 N–H and O–H groups in total. The van der Waals surface area contributed by atoms with Crippen molar-refractivity contribution in [3.05, 3.63) is 69.8 Å². The highest BCUT2D eigenvalue weighted by Crippen LogP contribution is 2.59. The molecule has 5 nitrogen and oxygen atoms in total. The Morgan fingerprint density at radius 1 is 0.633 bits per heavy atom. The van der Waals surface area contributed by atoms with Crippen molar-refractivity contribution in [2.45, 2.75) is 142 Å². The van der Waals surface area contributed by atoms with Gasteiger partial charge in [0.2, 0.25) is 0 Å². The molecule has 4 unspecified atom stereocenters. The molecular weight excluding hydrogens is 608 g/mol. The molecule has 2 fully saturated rings. The number of carbonyl (C=O) groups is 2. The average Bonchev–Trinajstić information content (AvgIpc) is 3.06. The van der Waals surface area contributed by atoms with Crippen LogP contribution in [0.4, 0.5) is 0 Å². The molecule has 2 aromatic carbocycles. The Labute approximate surface area is 296 Å². The highest BCUT2D eigenvalue weighted by Gasteiger charge is 2.57. The fraction of sp³-hybridized carbons (Fsp3) is 0.682. The Hall–Kier alpha value is -2.66. The number of hydrogen-bond acceptors (Lipinski definition) is 5. The molecule has 5 heteroatoms. The Kier molecular flexibility index (Phi) is 10.2. The first-order valence-corrected chi connectivity index (χ1v) is 19.4. The van der Waals surface area contributed by atoms with Gasteiger partial charge in [0.15, 0.2) is 0 Å². The van der Waals surface area contributed by atoms with Crippen molar-refractivity contribution in [2.24, 2.45) is 22.7 Å². The van der Waals surface area contributed by atoms with Gasteiger partial charge in [0.1, 0.15) is 13.2 Å². The largest absolute Gasteiger partial charge is 0.463 e. The van der Waals surface area contributed by atoms with Gasteiger partial charge in [0.25, 0.3) is 0 Å². The van der Waals surface area contributed by atoms with E-state index in [0.717, 1.165) is 64.2 Å². The number of hydrogen-bond donors (Lipinski definition) is 0. The van der Waals surface area contributed by atoms with Crippen LogP contribution < -0.4 is 0 Å². The standard InChI is InChI=1S/C44H62O5/c1-29(2)31-11-15-35-33(27-31)13-17-37-41(35,5)19-9-21-43(37,7)39(45)48-25-23-47-24-26-49-40(46)44(8)22-10-20-42(6)36-16-12-32(30(3)4)28-34(36)14-18-38(42)44/h11-12,15-16,27-30,37-38H,9-10,13-14,17-26H2,1-8H3/t37-,38?,41-,42?,43?,44?/m0/s1. The predicted octanol–water partition coefficient (Wildman–Crippen LogP) is 9.76. The van der Waals surface area contributed by atoms with Crippen molar-refractivity contribution < 1.29 is 23.8 Å². The summed E-state index contributed by atoms with van der Waals surface area (Å²) in [6.45, 7) is 19.1. The van der Waals surface area contributed by atoms with Crippen molar-refractivity contribution >= 4 is 11.9 Å². The van der Waals surface area contributed by atoms with Gasteiger partial charge < -0.3 is 14.2 Å². The van der Waals surface area contributed by atoms with E-state index in [0.29, 0.717) is 25.0 Å².